The number of para-hydroxylation sites is 1. The molecule has 0 aromatic heterocycles. The highest BCUT2D eigenvalue weighted by Crippen LogP contribution is 2.29. The van der Waals surface area contributed by atoms with E-state index in [1.807, 2.05) is 0 Å². The van der Waals surface area contributed by atoms with Crippen molar-refractivity contribution < 1.29 is 15.1 Å². The van der Waals surface area contributed by atoms with Gasteiger partial charge in [-0.1, -0.05) is 18.2 Å². The molecule has 2 aromatic carbocycles. The molecule has 0 saturated carbocycles. The molecular formula is C13H11N3O4. The number of azo groups is 1. The highest BCUT2D eigenvalue weighted by Gasteiger charge is 2.11. The van der Waals surface area contributed by atoms with E-state index in [2.05, 4.69) is 10.2 Å². The number of benzene rings is 2. The predicted octanol–water partition coefficient (Wildman–Crippen LogP) is 3.29. The van der Waals surface area contributed by atoms with Crippen LogP contribution in [0.5, 0.6) is 11.5 Å². The zero-order valence-electron chi connectivity index (χ0n) is 10.3. The molecule has 2 rings (SSSR count). The molecule has 0 bridgehead atoms. The largest absolute Gasteiger partial charge is 0.507 e. The summed E-state index contributed by atoms with van der Waals surface area (Å²) in [5.74, 6) is -0.210. The van der Waals surface area contributed by atoms with E-state index in [0.29, 0.717) is 0 Å². The first-order valence-corrected chi connectivity index (χ1v) is 5.70. The van der Waals surface area contributed by atoms with Gasteiger partial charge in [0.15, 0.2) is 5.69 Å². The molecule has 7 nitrogen and oxygen atoms in total. The molecule has 0 aliphatic rings. The highest BCUT2D eigenvalue weighted by atomic mass is 16.6. The Morgan fingerprint density at radius 1 is 1.05 bits per heavy atom. The minimum absolute atomic E-state index is 0.0788. The lowest BCUT2D eigenvalue weighted by atomic mass is 10.2. The molecule has 0 atom stereocenters. The number of aromatic hydroxyl groups is 2. The first-order chi connectivity index (χ1) is 9.59. The summed E-state index contributed by atoms with van der Waals surface area (Å²) in [4.78, 5) is 10.2. The molecule has 0 aliphatic heterocycles. The van der Waals surface area contributed by atoms with Crippen molar-refractivity contribution in [1.29, 1.82) is 0 Å². The number of nitrogens with zero attached hydrogens (tertiary/aromatic N) is 3. The number of hydrogen-bond acceptors (Lipinski definition) is 6. The molecule has 2 N–H and O–H groups in total. The second-order valence-corrected chi connectivity index (χ2v) is 3.92. The standard InChI is InChI=1S/C13H11N3O4/c17-12-6-3-7-13(18)9(12)8-14-15-10-4-1-2-5-11(10)16(19)20/h1-7,17-18H,8H2. The summed E-state index contributed by atoms with van der Waals surface area (Å²) in [5, 5.41) is 37.5. The Bertz CT molecular complexity index is 650. The smallest absolute Gasteiger partial charge is 0.296 e. The Labute approximate surface area is 114 Å². The molecule has 0 heterocycles. The molecule has 7 heteroatoms. The van der Waals surface area contributed by atoms with Gasteiger partial charge >= 0.3 is 0 Å². The number of phenols is 2. The Morgan fingerprint density at radius 2 is 1.70 bits per heavy atom. The lowest BCUT2D eigenvalue weighted by Gasteiger charge is -2.02. The fourth-order valence-corrected chi connectivity index (χ4v) is 1.61. The number of hydrogen-bond donors (Lipinski definition) is 2. The molecule has 0 spiro atoms. The van der Waals surface area contributed by atoms with Gasteiger partial charge in [0, 0.05) is 6.07 Å². The number of phenolic OH excluding ortho intramolecular Hbond substituents is 2. The maximum atomic E-state index is 10.8. The summed E-state index contributed by atoms with van der Waals surface area (Å²) in [6.07, 6.45) is 0. The van der Waals surface area contributed by atoms with Crippen molar-refractivity contribution in [3.05, 3.63) is 58.1 Å². The zero-order valence-corrected chi connectivity index (χ0v) is 10.3. The lowest BCUT2D eigenvalue weighted by molar-refractivity contribution is -0.384. The minimum atomic E-state index is -0.550. The second-order valence-electron chi connectivity index (χ2n) is 3.92. The van der Waals surface area contributed by atoms with E-state index in [1.54, 1.807) is 6.07 Å². The van der Waals surface area contributed by atoms with Crippen LogP contribution in [0, 0.1) is 10.1 Å². The first kappa shape index (κ1) is 13.5. The van der Waals surface area contributed by atoms with E-state index in [-0.39, 0.29) is 35.0 Å². The summed E-state index contributed by atoms with van der Waals surface area (Å²) in [7, 11) is 0. The van der Waals surface area contributed by atoms with Gasteiger partial charge in [-0.2, -0.15) is 5.11 Å². The van der Waals surface area contributed by atoms with Crippen molar-refractivity contribution >= 4 is 11.4 Å². The van der Waals surface area contributed by atoms with Crippen LogP contribution in [0.4, 0.5) is 11.4 Å². The van der Waals surface area contributed by atoms with Crippen LogP contribution in [0.15, 0.2) is 52.7 Å². The third-order valence-corrected chi connectivity index (χ3v) is 2.61. The highest BCUT2D eigenvalue weighted by molar-refractivity contribution is 5.56. The second kappa shape index (κ2) is 5.79. The van der Waals surface area contributed by atoms with Gasteiger partial charge < -0.3 is 10.2 Å². The minimum Gasteiger partial charge on any atom is -0.507 e. The normalized spacial score (nSPS) is 10.8. The third-order valence-electron chi connectivity index (χ3n) is 2.61. The summed E-state index contributed by atoms with van der Waals surface area (Å²) in [6, 6.07) is 10.3. The summed E-state index contributed by atoms with van der Waals surface area (Å²) in [5.41, 5.74) is 0.181. The van der Waals surface area contributed by atoms with Gasteiger partial charge in [0.2, 0.25) is 0 Å². The van der Waals surface area contributed by atoms with Gasteiger partial charge in [0.25, 0.3) is 5.69 Å². The van der Waals surface area contributed by atoms with E-state index < -0.39 is 4.92 Å². The summed E-state index contributed by atoms with van der Waals surface area (Å²) < 4.78 is 0. The van der Waals surface area contributed by atoms with Crippen LogP contribution in [-0.2, 0) is 6.54 Å². The van der Waals surface area contributed by atoms with Crippen LogP contribution < -0.4 is 0 Å². The molecular weight excluding hydrogens is 262 g/mol. The SMILES string of the molecule is O=[N+]([O-])c1ccccc1N=NCc1c(O)cccc1O. The quantitative estimate of drug-likeness (QED) is 0.506. The van der Waals surface area contributed by atoms with Gasteiger partial charge in [-0.3, -0.25) is 10.1 Å². The summed E-state index contributed by atoms with van der Waals surface area (Å²) in [6.45, 7) is -0.0788. The van der Waals surface area contributed by atoms with Crippen molar-refractivity contribution in [3.63, 3.8) is 0 Å². The number of nitro groups is 1. The number of nitro benzene ring substituents is 1. The Morgan fingerprint density at radius 3 is 2.35 bits per heavy atom. The Balaban J connectivity index is 2.21. The van der Waals surface area contributed by atoms with Crippen LogP contribution in [0.25, 0.3) is 0 Å². The maximum Gasteiger partial charge on any atom is 0.296 e. The van der Waals surface area contributed by atoms with Gasteiger partial charge in [0.1, 0.15) is 11.5 Å². The number of rotatable bonds is 4. The molecule has 2 aromatic rings. The fourth-order valence-electron chi connectivity index (χ4n) is 1.61. The topological polar surface area (TPSA) is 108 Å². The van der Waals surface area contributed by atoms with E-state index in [9.17, 15) is 20.3 Å². The Kier molecular flexibility index (Phi) is 3.90. The van der Waals surface area contributed by atoms with Crippen LogP contribution in [0.2, 0.25) is 0 Å². The molecule has 0 fully saturated rings. The summed E-state index contributed by atoms with van der Waals surface area (Å²) >= 11 is 0. The average Bonchev–Trinajstić information content (AvgIpc) is 2.42. The fraction of sp³-hybridized carbons (Fsp3) is 0.0769. The lowest BCUT2D eigenvalue weighted by Crippen LogP contribution is -1.87. The monoisotopic (exact) mass is 273 g/mol. The molecule has 0 radical (unpaired) electrons. The van der Waals surface area contributed by atoms with Crippen molar-refractivity contribution in [2.75, 3.05) is 0 Å². The molecule has 0 amide bonds. The first-order valence-electron chi connectivity index (χ1n) is 5.70. The van der Waals surface area contributed by atoms with Crippen molar-refractivity contribution in [2.24, 2.45) is 10.2 Å². The van der Waals surface area contributed by atoms with Gasteiger partial charge in [-0.05, 0) is 18.2 Å². The third kappa shape index (κ3) is 2.89. The van der Waals surface area contributed by atoms with Crippen LogP contribution in [-0.4, -0.2) is 15.1 Å². The van der Waals surface area contributed by atoms with E-state index in [4.69, 9.17) is 0 Å². The van der Waals surface area contributed by atoms with Crippen molar-refractivity contribution in [1.82, 2.24) is 0 Å². The van der Waals surface area contributed by atoms with E-state index in [0.717, 1.165) is 0 Å². The average molecular weight is 273 g/mol. The Hall–Kier alpha value is -2.96. The zero-order chi connectivity index (χ0) is 14.5. The van der Waals surface area contributed by atoms with Crippen molar-refractivity contribution in [2.45, 2.75) is 6.54 Å². The van der Waals surface area contributed by atoms with Crippen LogP contribution >= 0.6 is 0 Å². The van der Waals surface area contributed by atoms with Crippen LogP contribution in [0.1, 0.15) is 5.56 Å². The van der Waals surface area contributed by atoms with Crippen molar-refractivity contribution in [3.8, 4) is 11.5 Å². The van der Waals surface area contributed by atoms with Gasteiger partial charge in [0.05, 0.1) is 17.0 Å². The van der Waals surface area contributed by atoms with E-state index >= 15 is 0 Å². The molecule has 102 valence electrons. The molecule has 0 aliphatic carbocycles. The predicted molar refractivity (Wildman–Crippen MR) is 71.1 cm³/mol. The van der Waals surface area contributed by atoms with Crippen LogP contribution in [0.3, 0.4) is 0 Å². The maximum absolute atomic E-state index is 10.8. The van der Waals surface area contributed by atoms with Gasteiger partial charge in [-0.25, -0.2) is 0 Å². The van der Waals surface area contributed by atoms with E-state index in [1.165, 1.54) is 36.4 Å². The molecule has 20 heavy (non-hydrogen) atoms. The molecule has 0 unspecified atom stereocenters. The van der Waals surface area contributed by atoms with Gasteiger partial charge in [-0.15, -0.1) is 5.11 Å². The molecule has 0 saturated heterocycles.